The molecule has 1 fully saturated rings. The molecule has 0 aliphatic carbocycles. The van der Waals surface area contributed by atoms with Gasteiger partial charge < -0.3 is 14.4 Å². The van der Waals surface area contributed by atoms with Crippen molar-refractivity contribution in [1.29, 1.82) is 0 Å². The van der Waals surface area contributed by atoms with Gasteiger partial charge in [0, 0.05) is 23.5 Å². The van der Waals surface area contributed by atoms with Crippen molar-refractivity contribution in [2.75, 3.05) is 6.54 Å². The van der Waals surface area contributed by atoms with Crippen LogP contribution >= 0.6 is 0 Å². The fourth-order valence-electron chi connectivity index (χ4n) is 3.20. The number of rotatable bonds is 2. The Morgan fingerprint density at radius 2 is 2.23 bits per heavy atom. The first kappa shape index (κ1) is 13.1. The number of carbonyl (C=O) groups is 1. The van der Waals surface area contributed by atoms with Gasteiger partial charge in [0.15, 0.2) is 0 Å². The van der Waals surface area contributed by atoms with Crippen molar-refractivity contribution in [3.63, 3.8) is 0 Å². The number of fused-ring (bicyclic) bond motifs is 1. The third kappa shape index (κ3) is 2.09. The third-order valence-electron chi connectivity index (χ3n) is 4.26. The molecule has 22 heavy (non-hydrogen) atoms. The lowest BCUT2D eigenvalue weighted by Crippen LogP contribution is -2.30. The van der Waals surface area contributed by atoms with Crippen LogP contribution in [0.4, 0.5) is 0 Å². The lowest BCUT2D eigenvalue weighted by molar-refractivity contribution is 0.0726. The van der Waals surface area contributed by atoms with Crippen LogP contribution in [0.2, 0.25) is 0 Å². The summed E-state index contributed by atoms with van der Waals surface area (Å²) >= 11 is 0. The van der Waals surface area contributed by atoms with E-state index in [1.807, 2.05) is 48.2 Å². The van der Waals surface area contributed by atoms with Crippen molar-refractivity contribution in [2.45, 2.75) is 25.8 Å². The molecule has 5 nitrogen and oxygen atoms in total. The molecule has 0 spiro atoms. The van der Waals surface area contributed by atoms with E-state index in [2.05, 4.69) is 10.1 Å². The summed E-state index contributed by atoms with van der Waals surface area (Å²) in [4.78, 5) is 17.9. The van der Waals surface area contributed by atoms with Crippen LogP contribution < -0.4 is 0 Å². The molecule has 1 aliphatic rings. The number of benzene rings is 1. The molecule has 3 aromatic rings. The van der Waals surface area contributed by atoms with Crippen LogP contribution in [0, 0.1) is 6.92 Å². The Labute approximate surface area is 127 Å². The smallest absolute Gasteiger partial charge is 0.270 e. The zero-order valence-corrected chi connectivity index (χ0v) is 12.4. The Hall–Kier alpha value is -2.56. The van der Waals surface area contributed by atoms with Gasteiger partial charge in [-0.25, -0.2) is 0 Å². The number of para-hydroxylation sites is 1. The Morgan fingerprint density at radius 1 is 1.36 bits per heavy atom. The van der Waals surface area contributed by atoms with E-state index in [4.69, 9.17) is 4.52 Å². The average molecular weight is 295 g/mol. The van der Waals surface area contributed by atoms with Gasteiger partial charge in [0.1, 0.15) is 17.1 Å². The number of carbonyl (C=O) groups excluding carboxylic acids is 1. The molecule has 0 saturated carbocycles. The Kier molecular flexibility index (Phi) is 2.99. The number of H-pyrrole nitrogens is 1. The van der Waals surface area contributed by atoms with Crippen molar-refractivity contribution in [3.05, 3.63) is 53.5 Å². The van der Waals surface area contributed by atoms with Gasteiger partial charge in [-0.3, -0.25) is 4.79 Å². The first-order valence-corrected chi connectivity index (χ1v) is 7.54. The highest BCUT2D eigenvalue weighted by Crippen LogP contribution is 2.33. The summed E-state index contributed by atoms with van der Waals surface area (Å²) in [7, 11) is 0. The SMILES string of the molecule is Cc1cc(C2CCCN2C(=O)c2cc3ccccc3[nH]2)no1. The minimum Gasteiger partial charge on any atom is -0.361 e. The van der Waals surface area contributed by atoms with E-state index in [0.29, 0.717) is 5.69 Å². The Bertz CT molecular complexity index is 800. The molecule has 2 aromatic heterocycles. The summed E-state index contributed by atoms with van der Waals surface area (Å²) in [5.41, 5.74) is 2.46. The summed E-state index contributed by atoms with van der Waals surface area (Å²) < 4.78 is 5.16. The molecule has 3 heterocycles. The topological polar surface area (TPSA) is 62.1 Å². The van der Waals surface area contributed by atoms with Crippen molar-refractivity contribution >= 4 is 16.8 Å². The van der Waals surface area contributed by atoms with Crippen molar-refractivity contribution in [1.82, 2.24) is 15.0 Å². The van der Waals surface area contributed by atoms with Crippen molar-refractivity contribution in [2.24, 2.45) is 0 Å². The first-order chi connectivity index (χ1) is 10.7. The number of hydrogen-bond acceptors (Lipinski definition) is 3. The maximum absolute atomic E-state index is 12.8. The summed E-state index contributed by atoms with van der Waals surface area (Å²) in [6, 6.07) is 11.8. The van der Waals surface area contributed by atoms with E-state index >= 15 is 0 Å². The second-order valence-corrected chi connectivity index (χ2v) is 5.79. The van der Waals surface area contributed by atoms with Gasteiger partial charge in [-0.1, -0.05) is 23.4 Å². The number of aryl methyl sites for hydroxylation is 1. The fourth-order valence-corrected chi connectivity index (χ4v) is 3.20. The van der Waals surface area contributed by atoms with Crippen LogP contribution in [0.25, 0.3) is 10.9 Å². The number of nitrogens with zero attached hydrogens (tertiary/aromatic N) is 2. The van der Waals surface area contributed by atoms with Gasteiger partial charge in [0.25, 0.3) is 5.91 Å². The minimum atomic E-state index is 0.0105. The van der Waals surface area contributed by atoms with Crippen LogP contribution in [0.15, 0.2) is 40.9 Å². The highest BCUT2D eigenvalue weighted by molar-refractivity contribution is 5.98. The number of hydrogen-bond donors (Lipinski definition) is 1. The molecule has 1 unspecified atom stereocenters. The maximum Gasteiger partial charge on any atom is 0.270 e. The molecule has 0 bridgehead atoms. The standard InChI is InChI=1S/C17H17N3O2/c1-11-9-14(19-22-11)16-7-4-8-20(16)17(21)15-10-12-5-2-3-6-13(12)18-15/h2-3,5-6,9-10,16,18H,4,7-8H2,1H3. The molecule has 1 aliphatic heterocycles. The number of aromatic nitrogens is 2. The predicted molar refractivity (Wildman–Crippen MR) is 82.6 cm³/mol. The minimum absolute atomic E-state index is 0.0105. The molecule has 5 heteroatoms. The van der Waals surface area contributed by atoms with Gasteiger partial charge in [0.2, 0.25) is 0 Å². The Balaban J connectivity index is 1.66. The summed E-state index contributed by atoms with van der Waals surface area (Å²) in [5.74, 6) is 0.805. The molecular weight excluding hydrogens is 278 g/mol. The van der Waals surface area contributed by atoms with Crippen LogP contribution in [-0.2, 0) is 0 Å². The van der Waals surface area contributed by atoms with Crippen LogP contribution in [0.3, 0.4) is 0 Å². The fraction of sp³-hybridized carbons (Fsp3) is 0.294. The predicted octanol–water partition coefficient (Wildman–Crippen LogP) is 3.44. The lowest BCUT2D eigenvalue weighted by atomic mass is 10.1. The van der Waals surface area contributed by atoms with E-state index < -0.39 is 0 Å². The number of amides is 1. The number of likely N-dealkylation sites (tertiary alicyclic amines) is 1. The zero-order chi connectivity index (χ0) is 15.1. The van der Waals surface area contributed by atoms with Crippen molar-refractivity contribution < 1.29 is 9.32 Å². The van der Waals surface area contributed by atoms with Gasteiger partial charge in [-0.05, 0) is 31.9 Å². The Morgan fingerprint density at radius 3 is 3.00 bits per heavy atom. The largest absolute Gasteiger partial charge is 0.361 e. The van der Waals surface area contributed by atoms with Gasteiger partial charge >= 0.3 is 0 Å². The highest BCUT2D eigenvalue weighted by atomic mass is 16.5. The van der Waals surface area contributed by atoms with Crippen LogP contribution in [0.1, 0.15) is 40.8 Å². The lowest BCUT2D eigenvalue weighted by Gasteiger charge is -2.22. The van der Waals surface area contributed by atoms with Crippen LogP contribution in [-0.4, -0.2) is 27.5 Å². The number of nitrogens with one attached hydrogen (secondary N) is 1. The molecule has 4 rings (SSSR count). The number of aromatic amines is 1. The molecular formula is C17H17N3O2. The molecule has 1 saturated heterocycles. The normalized spacial score (nSPS) is 18.2. The second kappa shape index (κ2) is 5.02. The van der Waals surface area contributed by atoms with Gasteiger partial charge in [0.05, 0.1) is 6.04 Å². The van der Waals surface area contributed by atoms with E-state index in [9.17, 15) is 4.79 Å². The van der Waals surface area contributed by atoms with Crippen molar-refractivity contribution in [3.8, 4) is 0 Å². The third-order valence-corrected chi connectivity index (χ3v) is 4.26. The van der Waals surface area contributed by atoms with Crippen LogP contribution in [0.5, 0.6) is 0 Å². The molecule has 112 valence electrons. The summed E-state index contributed by atoms with van der Waals surface area (Å²) in [6.07, 6.45) is 1.92. The second-order valence-electron chi connectivity index (χ2n) is 5.79. The molecule has 0 radical (unpaired) electrons. The highest BCUT2D eigenvalue weighted by Gasteiger charge is 2.33. The van der Waals surface area contributed by atoms with Gasteiger partial charge in [-0.2, -0.15) is 0 Å². The summed E-state index contributed by atoms with van der Waals surface area (Å²) in [6.45, 7) is 2.63. The van der Waals surface area contributed by atoms with Gasteiger partial charge in [-0.15, -0.1) is 0 Å². The zero-order valence-electron chi connectivity index (χ0n) is 12.4. The van der Waals surface area contributed by atoms with E-state index in [1.54, 1.807) is 0 Å². The maximum atomic E-state index is 12.8. The molecule has 1 aromatic carbocycles. The monoisotopic (exact) mass is 295 g/mol. The quantitative estimate of drug-likeness (QED) is 0.787. The molecule has 1 N–H and O–H groups in total. The van der Waals surface area contributed by atoms with E-state index in [0.717, 1.165) is 41.7 Å². The average Bonchev–Trinajstić information content (AvgIpc) is 3.24. The molecule has 1 amide bonds. The molecule has 1 atom stereocenters. The van der Waals surface area contributed by atoms with E-state index in [-0.39, 0.29) is 11.9 Å². The first-order valence-electron chi connectivity index (χ1n) is 7.54. The summed E-state index contributed by atoms with van der Waals surface area (Å²) in [5, 5.41) is 5.14. The van der Waals surface area contributed by atoms with E-state index in [1.165, 1.54) is 0 Å².